The number of carbonyl (C=O) groups is 1. The Morgan fingerprint density at radius 1 is 1.26 bits per heavy atom. The van der Waals surface area contributed by atoms with Gasteiger partial charge in [-0.15, -0.1) is 0 Å². The van der Waals surface area contributed by atoms with Gasteiger partial charge in [0.15, 0.2) is 0 Å². The van der Waals surface area contributed by atoms with E-state index in [0.29, 0.717) is 12.1 Å². The van der Waals surface area contributed by atoms with E-state index in [2.05, 4.69) is 5.32 Å². The smallest absolute Gasteiger partial charge is 0.251 e. The number of likely N-dealkylation sites (N-methyl/N-ethyl adjacent to an activating group) is 1. The SMILES string of the molecule is CN(CCO)S(=O)(=O)c1ccc(C(=O)NCc2ccoc2)cc1. The lowest BCUT2D eigenvalue weighted by atomic mass is 10.2. The Bertz CT molecular complexity index is 739. The third kappa shape index (κ3) is 4.19. The number of rotatable bonds is 7. The van der Waals surface area contributed by atoms with Crippen LogP contribution in [0, 0.1) is 0 Å². The highest BCUT2D eigenvalue weighted by molar-refractivity contribution is 7.89. The van der Waals surface area contributed by atoms with Crippen molar-refractivity contribution in [2.75, 3.05) is 20.2 Å². The van der Waals surface area contributed by atoms with Crippen LogP contribution in [0.25, 0.3) is 0 Å². The molecule has 0 saturated carbocycles. The Morgan fingerprint density at radius 3 is 2.52 bits per heavy atom. The number of hydrogen-bond donors (Lipinski definition) is 2. The maximum atomic E-state index is 12.2. The number of hydrogen-bond acceptors (Lipinski definition) is 5. The van der Waals surface area contributed by atoms with Crippen molar-refractivity contribution in [3.63, 3.8) is 0 Å². The van der Waals surface area contributed by atoms with E-state index in [1.165, 1.54) is 43.8 Å². The lowest BCUT2D eigenvalue weighted by Crippen LogP contribution is -2.29. The summed E-state index contributed by atoms with van der Waals surface area (Å²) in [7, 11) is -2.28. The number of aliphatic hydroxyl groups excluding tert-OH is 1. The molecule has 1 aromatic carbocycles. The van der Waals surface area contributed by atoms with E-state index in [1.54, 1.807) is 6.07 Å². The molecule has 0 atom stereocenters. The molecule has 0 radical (unpaired) electrons. The first-order chi connectivity index (χ1) is 10.9. The van der Waals surface area contributed by atoms with Crippen LogP contribution in [-0.2, 0) is 16.6 Å². The van der Waals surface area contributed by atoms with Gasteiger partial charge in [0, 0.05) is 31.3 Å². The van der Waals surface area contributed by atoms with Gasteiger partial charge in [0.05, 0.1) is 24.0 Å². The molecule has 0 aliphatic carbocycles. The molecule has 0 aliphatic rings. The predicted octanol–water partition coefficient (Wildman–Crippen LogP) is 0.822. The van der Waals surface area contributed by atoms with Gasteiger partial charge in [-0.05, 0) is 30.3 Å². The molecule has 1 aromatic heterocycles. The minimum atomic E-state index is -3.66. The van der Waals surface area contributed by atoms with E-state index in [-0.39, 0.29) is 24.0 Å². The highest BCUT2D eigenvalue weighted by atomic mass is 32.2. The summed E-state index contributed by atoms with van der Waals surface area (Å²) in [4.78, 5) is 12.1. The summed E-state index contributed by atoms with van der Waals surface area (Å²) in [6, 6.07) is 7.38. The van der Waals surface area contributed by atoms with E-state index >= 15 is 0 Å². The summed E-state index contributed by atoms with van der Waals surface area (Å²) in [5.74, 6) is -0.307. The van der Waals surface area contributed by atoms with Gasteiger partial charge in [0.2, 0.25) is 10.0 Å². The molecule has 1 amide bonds. The van der Waals surface area contributed by atoms with Crippen LogP contribution in [0.2, 0.25) is 0 Å². The zero-order valence-electron chi connectivity index (χ0n) is 12.6. The number of nitrogens with zero attached hydrogens (tertiary/aromatic N) is 1. The monoisotopic (exact) mass is 338 g/mol. The molecule has 0 bridgehead atoms. The Labute approximate surface area is 134 Å². The van der Waals surface area contributed by atoms with Crippen LogP contribution < -0.4 is 5.32 Å². The van der Waals surface area contributed by atoms with Crippen LogP contribution in [-0.4, -0.2) is 43.9 Å². The third-order valence-electron chi connectivity index (χ3n) is 3.27. The number of sulfonamides is 1. The molecule has 124 valence electrons. The first-order valence-electron chi connectivity index (χ1n) is 6.91. The zero-order valence-corrected chi connectivity index (χ0v) is 13.4. The molecule has 8 heteroatoms. The van der Waals surface area contributed by atoms with Gasteiger partial charge < -0.3 is 14.8 Å². The molecule has 2 aromatic rings. The maximum Gasteiger partial charge on any atom is 0.251 e. The average Bonchev–Trinajstić information content (AvgIpc) is 3.06. The van der Waals surface area contributed by atoms with Crippen molar-refractivity contribution < 1.29 is 22.7 Å². The summed E-state index contributed by atoms with van der Waals surface area (Å²) < 4.78 is 30.3. The van der Waals surface area contributed by atoms with Crippen LogP contribution >= 0.6 is 0 Å². The Balaban J connectivity index is 2.05. The first-order valence-corrected chi connectivity index (χ1v) is 8.35. The second-order valence-corrected chi connectivity index (χ2v) is 6.93. The predicted molar refractivity (Wildman–Crippen MR) is 83.2 cm³/mol. The molecule has 1 heterocycles. The van der Waals surface area contributed by atoms with Crippen molar-refractivity contribution in [1.82, 2.24) is 9.62 Å². The van der Waals surface area contributed by atoms with Crippen LogP contribution in [0.15, 0.2) is 52.2 Å². The van der Waals surface area contributed by atoms with Gasteiger partial charge >= 0.3 is 0 Å². The van der Waals surface area contributed by atoms with Crippen molar-refractivity contribution in [1.29, 1.82) is 0 Å². The molecule has 0 saturated heterocycles. The van der Waals surface area contributed by atoms with Gasteiger partial charge in [-0.2, -0.15) is 4.31 Å². The minimum Gasteiger partial charge on any atom is -0.472 e. The fourth-order valence-corrected chi connectivity index (χ4v) is 3.06. The lowest BCUT2D eigenvalue weighted by molar-refractivity contribution is 0.0950. The first kappa shape index (κ1) is 17.2. The molecule has 7 nitrogen and oxygen atoms in total. The Morgan fingerprint density at radius 2 is 1.96 bits per heavy atom. The Kier molecular flexibility index (Phi) is 5.54. The van der Waals surface area contributed by atoms with Crippen molar-refractivity contribution >= 4 is 15.9 Å². The number of benzene rings is 1. The van der Waals surface area contributed by atoms with E-state index in [1.807, 2.05) is 0 Å². The quantitative estimate of drug-likeness (QED) is 0.779. The summed E-state index contributed by atoms with van der Waals surface area (Å²) in [6.45, 7) is 0.0775. The van der Waals surface area contributed by atoms with Crippen molar-refractivity contribution in [2.45, 2.75) is 11.4 Å². The van der Waals surface area contributed by atoms with Gasteiger partial charge in [0.1, 0.15) is 0 Å². The number of carbonyl (C=O) groups excluding carboxylic acids is 1. The molecule has 0 aliphatic heterocycles. The van der Waals surface area contributed by atoms with Gasteiger partial charge in [-0.25, -0.2) is 8.42 Å². The van der Waals surface area contributed by atoms with Crippen LogP contribution in [0.1, 0.15) is 15.9 Å². The van der Waals surface area contributed by atoms with E-state index in [9.17, 15) is 13.2 Å². The summed E-state index contributed by atoms with van der Waals surface area (Å²) in [6.07, 6.45) is 3.05. The van der Waals surface area contributed by atoms with Crippen LogP contribution in [0.5, 0.6) is 0 Å². The van der Waals surface area contributed by atoms with Gasteiger partial charge in [-0.1, -0.05) is 0 Å². The van der Waals surface area contributed by atoms with Crippen molar-refractivity contribution in [2.24, 2.45) is 0 Å². The third-order valence-corrected chi connectivity index (χ3v) is 5.14. The van der Waals surface area contributed by atoms with Crippen molar-refractivity contribution in [3.8, 4) is 0 Å². The molecular formula is C15H18N2O5S. The van der Waals surface area contributed by atoms with E-state index in [4.69, 9.17) is 9.52 Å². The van der Waals surface area contributed by atoms with E-state index in [0.717, 1.165) is 9.87 Å². The number of amides is 1. The largest absolute Gasteiger partial charge is 0.472 e. The fourth-order valence-electron chi connectivity index (χ4n) is 1.90. The van der Waals surface area contributed by atoms with Crippen LogP contribution in [0.3, 0.4) is 0 Å². The highest BCUT2D eigenvalue weighted by Gasteiger charge is 2.20. The molecule has 23 heavy (non-hydrogen) atoms. The summed E-state index contributed by atoms with van der Waals surface area (Å²) in [5.41, 5.74) is 1.19. The number of nitrogens with one attached hydrogen (secondary N) is 1. The van der Waals surface area contributed by atoms with Crippen molar-refractivity contribution in [3.05, 3.63) is 54.0 Å². The highest BCUT2D eigenvalue weighted by Crippen LogP contribution is 2.15. The lowest BCUT2D eigenvalue weighted by Gasteiger charge is -2.15. The molecule has 2 rings (SSSR count). The summed E-state index contributed by atoms with van der Waals surface area (Å²) in [5, 5.41) is 11.5. The normalized spacial score (nSPS) is 11.6. The second-order valence-electron chi connectivity index (χ2n) is 4.89. The van der Waals surface area contributed by atoms with Gasteiger partial charge in [-0.3, -0.25) is 4.79 Å². The maximum absolute atomic E-state index is 12.2. The number of furan rings is 1. The molecule has 0 spiro atoms. The van der Waals surface area contributed by atoms with Gasteiger partial charge in [0.25, 0.3) is 5.91 Å². The fraction of sp³-hybridized carbons (Fsp3) is 0.267. The zero-order chi connectivity index (χ0) is 16.9. The van der Waals surface area contributed by atoms with E-state index < -0.39 is 10.0 Å². The van der Waals surface area contributed by atoms with Crippen LogP contribution in [0.4, 0.5) is 0 Å². The minimum absolute atomic E-state index is 0.00920. The molecule has 2 N–H and O–H groups in total. The standard InChI is InChI=1S/C15H18N2O5S/c1-17(7-8-18)23(20,21)14-4-2-13(3-5-14)15(19)16-10-12-6-9-22-11-12/h2-6,9,11,18H,7-8,10H2,1H3,(H,16,19). The average molecular weight is 338 g/mol. The Hall–Kier alpha value is -2.16. The topological polar surface area (TPSA) is 99.9 Å². The second kappa shape index (κ2) is 7.40. The molecule has 0 fully saturated rings. The summed E-state index contributed by atoms with van der Waals surface area (Å²) >= 11 is 0. The molecule has 0 unspecified atom stereocenters. The molecular weight excluding hydrogens is 320 g/mol. The number of aliphatic hydroxyl groups is 1.